The molecule has 1 aromatic carbocycles. The second-order valence-electron chi connectivity index (χ2n) is 4.05. The first-order chi connectivity index (χ1) is 7.74. The number of piperidine rings is 1. The van der Waals surface area contributed by atoms with E-state index in [-0.39, 0.29) is 17.7 Å². The second kappa shape index (κ2) is 4.47. The lowest BCUT2D eigenvalue weighted by molar-refractivity contribution is -0.132. The smallest absolute Gasteiger partial charge is 0.236 e. The van der Waals surface area contributed by atoms with Gasteiger partial charge in [-0.05, 0) is 25.0 Å². The summed E-state index contributed by atoms with van der Waals surface area (Å²) in [6, 6.07) is 9.15. The molecule has 3 nitrogen and oxygen atoms in total. The molecule has 16 heavy (non-hydrogen) atoms. The minimum Gasteiger partial charge on any atom is -0.274 e. The van der Waals surface area contributed by atoms with Crippen LogP contribution in [0.1, 0.15) is 26.2 Å². The quantitative estimate of drug-likeness (QED) is 0.713. The fraction of sp³-hybridized carbons (Fsp3) is 0.385. The van der Waals surface area contributed by atoms with Crippen LogP contribution < -0.4 is 4.90 Å². The zero-order valence-electron chi connectivity index (χ0n) is 9.35. The second-order valence-corrected chi connectivity index (χ2v) is 4.05. The molecule has 0 aromatic heterocycles. The molecule has 1 aliphatic rings. The molecule has 0 radical (unpaired) electrons. The lowest BCUT2D eigenvalue weighted by Gasteiger charge is -2.30. The average molecular weight is 217 g/mol. The van der Waals surface area contributed by atoms with Gasteiger partial charge in [0.05, 0.1) is 5.69 Å². The van der Waals surface area contributed by atoms with Crippen molar-refractivity contribution < 1.29 is 9.59 Å². The van der Waals surface area contributed by atoms with Crippen molar-refractivity contribution in [1.82, 2.24) is 0 Å². The summed E-state index contributed by atoms with van der Waals surface area (Å²) in [5, 5.41) is 0. The number of benzene rings is 1. The third-order valence-corrected chi connectivity index (χ3v) is 3.03. The maximum Gasteiger partial charge on any atom is 0.236 e. The molecule has 1 aromatic rings. The molecule has 1 unspecified atom stereocenters. The summed E-state index contributed by atoms with van der Waals surface area (Å²) >= 11 is 0. The van der Waals surface area contributed by atoms with Gasteiger partial charge in [0.25, 0.3) is 0 Å². The number of imide groups is 1. The Morgan fingerprint density at radius 1 is 1.25 bits per heavy atom. The van der Waals surface area contributed by atoms with Gasteiger partial charge < -0.3 is 0 Å². The van der Waals surface area contributed by atoms with Crippen molar-refractivity contribution in [3.8, 4) is 0 Å². The molecule has 2 rings (SSSR count). The van der Waals surface area contributed by atoms with Crippen LogP contribution in [0.3, 0.4) is 0 Å². The summed E-state index contributed by atoms with van der Waals surface area (Å²) in [6.45, 7) is 1.99. The van der Waals surface area contributed by atoms with E-state index < -0.39 is 0 Å². The molecule has 1 fully saturated rings. The highest BCUT2D eigenvalue weighted by Crippen LogP contribution is 2.26. The molecule has 1 atom stereocenters. The predicted octanol–water partition coefficient (Wildman–Crippen LogP) is 2.37. The van der Waals surface area contributed by atoms with E-state index in [1.807, 2.05) is 25.1 Å². The first kappa shape index (κ1) is 10.9. The lowest BCUT2D eigenvalue weighted by Crippen LogP contribution is -2.45. The number of nitrogens with zero attached hydrogens (tertiary/aromatic N) is 1. The van der Waals surface area contributed by atoms with E-state index >= 15 is 0 Å². The molecule has 0 bridgehead atoms. The first-order valence-corrected chi connectivity index (χ1v) is 5.66. The summed E-state index contributed by atoms with van der Waals surface area (Å²) < 4.78 is 0. The van der Waals surface area contributed by atoms with Gasteiger partial charge >= 0.3 is 0 Å². The molecular weight excluding hydrogens is 202 g/mol. The summed E-state index contributed by atoms with van der Waals surface area (Å²) in [4.78, 5) is 25.2. The highest BCUT2D eigenvalue weighted by Gasteiger charge is 2.33. The molecule has 3 heteroatoms. The lowest BCUT2D eigenvalue weighted by atomic mass is 9.94. The minimum absolute atomic E-state index is 0.00194. The van der Waals surface area contributed by atoms with E-state index in [4.69, 9.17) is 0 Å². The summed E-state index contributed by atoms with van der Waals surface area (Å²) in [7, 11) is 0. The van der Waals surface area contributed by atoms with E-state index in [0.29, 0.717) is 18.5 Å². The Labute approximate surface area is 95.1 Å². The van der Waals surface area contributed by atoms with E-state index in [1.165, 1.54) is 4.90 Å². The van der Waals surface area contributed by atoms with Crippen molar-refractivity contribution in [3.05, 3.63) is 30.3 Å². The number of hydrogen-bond donors (Lipinski definition) is 0. The van der Waals surface area contributed by atoms with Gasteiger partial charge in [-0.15, -0.1) is 0 Å². The van der Waals surface area contributed by atoms with Crippen LogP contribution in [-0.2, 0) is 9.59 Å². The number of carbonyl (C=O) groups is 2. The van der Waals surface area contributed by atoms with Crippen LogP contribution in [0.5, 0.6) is 0 Å². The fourth-order valence-corrected chi connectivity index (χ4v) is 2.07. The number of carbonyl (C=O) groups excluding carboxylic acids is 2. The summed E-state index contributed by atoms with van der Waals surface area (Å²) in [5.41, 5.74) is 0.690. The molecule has 0 aliphatic carbocycles. The maximum absolute atomic E-state index is 12.1. The van der Waals surface area contributed by atoms with Gasteiger partial charge in [-0.2, -0.15) is 0 Å². The van der Waals surface area contributed by atoms with Crippen LogP contribution in [0, 0.1) is 5.92 Å². The molecular formula is C13H15NO2. The van der Waals surface area contributed by atoms with Crippen molar-refractivity contribution >= 4 is 17.5 Å². The Bertz CT molecular complexity index is 400. The first-order valence-electron chi connectivity index (χ1n) is 5.66. The van der Waals surface area contributed by atoms with Crippen molar-refractivity contribution in [3.63, 3.8) is 0 Å². The molecule has 2 amide bonds. The van der Waals surface area contributed by atoms with E-state index in [0.717, 1.165) is 6.42 Å². The van der Waals surface area contributed by atoms with Gasteiger partial charge in [0.2, 0.25) is 11.8 Å². The largest absolute Gasteiger partial charge is 0.274 e. The Morgan fingerprint density at radius 3 is 2.56 bits per heavy atom. The Hall–Kier alpha value is -1.64. The minimum atomic E-state index is -0.0825. The van der Waals surface area contributed by atoms with Crippen molar-refractivity contribution in [2.45, 2.75) is 26.2 Å². The van der Waals surface area contributed by atoms with Crippen molar-refractivity contribution in [2.75, 3.05) is 4.90 Å². The average Bonchev–Trinajstić information content (AvgIpc) is 2.31. The maximum atomic E-state index is 12.1. The SMILES string of the molecule is CCC1CCC(=O)N(c2ccccc2)C1=O. The van der Waals surface area contributed by atoms with Gasteiger partial charge in [0.1, 0.15) is 0 Å². The number of rotatable bonds is 2. The third-order valence-electron chi connectivity index (χ3n) is 3.03. The van der Waals surface area contributed by atoms with Crippen molar-refractivity contribution in [1.29, 1.82) is 0 Å². The molecule has 0 spiro atoms. The Balaban J connectivity index is 2.31. The number of anilines is 1. The van der Waals surface area contributed by atoms with Gasteiger partial charge in [0.15, 0.2) is 0 Å². The van der Waals surface area contributed by atoms with Crippen molar-refractivity contribution in [2.24, 2.45) is 5.92 Å². The van der Waals surface area contributed by atoms with Crippen LogP contribution in [0.2, 0.25) is 0 Å². The zero-order valence-corrected chi connectivity index (χ0v) is 9.35. The highest BCUT2D eigenvalue weighted by molar-refractivity contribution is 6.17. The fourth-order valence-electron chi connectivity index (χ4n) is 2.07. The number of amides is 2. The Kier molecular flexibility index (Phi) is 3.04. The van der Waals surface area contributed by atoms with Crippen LogP contribution in [0.15, 0.2) is 30.3 Å². The topological polar surface area (TPSA) is 37.4 Å². The molecule has 0 N–H and O–H groups in total. The Morgan fingerprint density at radius 2 is 1.94 bits per heavy atom. The van der Waals surface area contributed by atoms with Gasteiger partial charge in [-0.3, -0.25) is 14.5 Å². The molecule has 1 aliphatic heterocycles. The van der Waals surface area contributed by atoms with E-state index in [9.17, 15) is 9.59 Å². The van der Waals surface area contributed by atoms with Crippen LogP contribution in [-0.4, -0.2) is 11.8 Å². The monoisotopic (exact) mass is 217 g/mol. The normalized spacial score (nSPS) is 21.3. The van der Waals surface area contributed by atoms with Crippen LogP contribution in [0.25, 0.3) is 0 Å². The summed E-state index contributed by atoms with van der Waals surface area (Å²) in [5.74, 6) is -0.135. The third kappa shape index (κ3) is 1.85. The highest BCUT2D eigenvalue weighted by atomic mass is 16.2. The molecule has 1 heterocycles. The van der Waals surface area contributed by atoms with E-state index in [1.54, 1.807) is 12.1 Å². The van der Waals surface area contributed by atoms with E-state index in [2.05, 4.69) is 0 Å². The van der Waals surface area contributed by atoms with Gasteiger partial charge in [-0.1, -0.05) is 25.1 Å². The zero-order chi connectivity index (χ0) is 11.5. The molecule has 0 saturated carbocycles. The molecule has 84 valence electrons. The predicted molar refractivity (Wildman–Crippen MR) is 62.0 cm³/mol. The standard InChI is InChI=1S/C13H15NO2/c1-2-10-8-9-12(15)14(13(10)16)11-6-4-3-5-7-11/h3-7,10H,2,8-9H2,1H3. The van der Waals surface area contributed by atoms with Gasteiger partial charge in [-0.25, -0.2) is 0 Å². The number of para-hydroxylation sites is 1. The van der Waals surface area contributed by atoms with Crippen LogP contribution in [0.4, 0.5) is 5.69 Å². The van der Waals surface area contributed by atoms with Crippen LogP contribution >= 0.6 is 0 Å². The summed E-state index contributed by atoms with van der Waals surface area (Å²) in [6.07, 6.45) is 1.96. The molecule has 1 saturated heterocycles. The van der Waals surface area contributed by atoms with Gasteiger partial charge in [0, 0.05) is 12.3 Å². The number of hydrogen-bond acceptors (Lipinski definition) is 2.